The molecule has 1 saturated heterocycles. The summed E-state index contributed by atoms with van der Waals surface area (Å²) in [6.45, 7) is 17.3. The number of hydrogen-bond acceptors (Lipinski definition) is 8. The van der Waals surface area contributed by atoms with E-state index in [0.717, 1.165) is 10.6 Å². The Bertz CT molecular complexity index is 1100. The molecule has 14 heteroatoms. The molecule has 0 radical (unpaired) electrons. The summed E-state index contributed by atoms with van der Waals surface area (Å²) in [5.41, 5.74) is 0.642. The lowest BCUT2D eigenvalue weighted by molar-refractivity contribution is -0.177. The second-order valence-electron chi connectivity index (χ2n) is 11.8. The van der Waals surface area contributed by atoms with Gasteiger partial charge in [0.05, 0.1) is 35.6 Å². The topological polar surface area (TPSA) is 110 Å². The Kier molecular flexibility index (Phi) is 12.0. The van der Waals surface area contributed by atoms with Crippen LogP contribution in [0.3, 0.4) is 0 Å². The van der Waals surface area contributed by atoms with Crippen molar-refractivity contribution in [3.8, 4) is 0 Å². The van der Waals surface area contributed by atoms with E-state index in [1.54, 1.807) is 0 Å². The van der Waals surface area contributed by atoms with E-state index >= 15 is 0 Å². The molecule has 0 unspecified atom stereocenters. The molecular formula is C25H42Br2N4O6SSi. The highest BCUT2D eigenvalue weighted by molar-refractivity contribution is 9.13. The average molecular weight is 715 g/mol. The normalized spacial score (nSPS) is 17.6. The maximum Gasteiger partial charge on any atom is 0.216 e. The molecule has 39 heavy (non-hydrogen) atoms. The van der Waals surface area contributed by atoms with Crippen LogP contribution in [0.25, 0.3) is 0 Å². The number of rotatable bonds is 15. The van der Waals surface area contributed by atoms with Crippen molar-refractivity contribution in [3.05, 3.63) is 32.6 Å². The van der Waals surface area contributed by atoms with E-state index in [4.69, 9.17) is 28.5 Å². The van der Waals surface area contributed by atoms with Crippen LogP contribution in [0.15, 0.2) is 19.8 Å². The monoisotopic (exact) mass is 712 g/mol. The summed E-state index contributed by atoms with van der Waals surface area (Å²) in [6, 6.07) is 2.48. The zero-order chi connectivity index (χ0) is 28.8. The van der Waals surface area contributed by atoms with E-state index in [1.807, 2.05) is 38.3 Å². The van der Waals surface area contributed by atoms with Crippen LogP contribution in [0.1, 0.15) is 56.9 Å². The summed E-state index contributed by atoms with van der Waals surface area (Å²) in [7, 11) is -2.55. The molecule has 0 bridgehead atoms. The highest BCUT2D eigenvalue weighted by Crippen LogP contribution is 2.35. The van der Waals surface area contributed by atoms with Gasteiger partial charge in [-0.2, -0.15) is 0 Å². The molecular weight excluding hydrogens is 672 g/mol. The first-order valence-corrected chi connectivity index (χ1v) is 19.6. The summed E-state index contributed by atoms with van der Waals surface area (Å²) in [5.74, 6) is 0.472. The Morgan fingerprint density at radius 1 is 1.21 bits per heavy atom. The Balaban J connectivity index is 1.67. The van der Waals surface area contributed by atoms with Gasteiger partial charge in [-0.25, -0.2) is 13.9 Å². The minimum absolute atomic E-state index is 0.268. The molecule has 3 rings (SSSR count). The van der Waals surface area contributed by atoms with Crippen LogP contribution in [-0.4, -0.2) is 64.8 Å². The first-order chi connectivity index (χ1) is 18.2. The molecule has 1 N–H and O–H groups in total. The van der Waals surface area contributed by atoms with Gasteiger partial charge in [0.1, 0.15) is 39.3 Å². The Labute approximate surface area is 252 Å². The van der Waals surface area contributed by atoms with Crippen LogP contribution < -0.4 is 4.72 Å². The van der Waals surface area contributed by atoms with Crippen molar-refractivity contribution in [1.29, 1.82) is 0 Å². The zero-order valence-corrected chi connectivity index (χ0v) is 29.0. The number of hydrogen-bond donors (Lipinski definition) is 1. The maximum absolute atomic E-state index is 13.1. The molecule has 2 aromatic heterocycles. The fraction of sp³-hybridized carbons (Fsp3) is 0.760. The van der Waals surface area contributed by atoms with Gasteiger partial charge in [0.2, 0.25) is 5.79 Å². The SMILES string of the molecule is Cc1cc(C2(CCCOC[C@H](N[S@](=O)C(C)(C)C)c3nc(Br)c(Br)n3COCC[Si](C)(C)C)OCCO2)no1. The van der Waals surface area contributed by atoms with Gasteiger partial charge in [-0.1, -0.05) is 24.8 Å². The van der Waals surface area contributed by atoms with Crippen molar-refractivity contribution in [1.82, 2.24) is 19.4 Å². The first-order valence-electron chi connectivity index (χ1n) is 13.2. The number of imidazole rings is 1. The van der Waals surface area contributed by atoms with Gasteiger partial charge in [0.15, 0.2) is 0 Å². The molecule has 2 atom stereocenters. The van der Waals surface area contributed by atoms with Crippen LogP contribution in [-0.2, 0) is 42.5 Å². The van der Waals surface area contributed by atoms with Crippen molar-refractivity contribution in [3.63, 3.8) is 0 Å². The molecule has 10 nitrogen and oxygen atoms in total. The average Bonchev–Trinajstić information content (AvgIpc) is 3.56. The van der Waals surface area contributed by atoms with Gasteiger partial charge < -0.3 is 23.5 Å². The third kappa shape index (κ3) is 9.53. The Morgan fingerprint density at radius 3 is 2.49 bits per heavy atom. The highest BCUT2D eigenvalue weighted by atomic mass is 79.9. The zero-order valence-electron chi connectivity index (χ0n) is 24.0. The number of halogens is 2. The van der Waals surface area contributed by atoms with Crippen LogP contribution in [0.4, 0.5) is 0 Å². The lowest BCUT2D eigenvalue weighted by atomic mass is 10.1. The standard InChI is InChI=1S/C25H42Br2N4O6SSi/c1-18-15-20(29-37-18)25(35-11-12-36-25)9-8-10-33-16-19(30-38(32)24(2,3)4)23-28-21(26)22(27)31(23)17-34-13-14-39(5,6)7/h15,19,30H,8-14,16-17H2,1-7H3/t19-,38+/m0/s1. The second-order valence-corrected chi connectivity index (χ2v) is 21.0. The predicted molar refractivity (Wildman–Crippen MR) is 160 cm³/mol. The van der Waals surface area contributed by atoms with E-state index in [1.165, 1.54) is 0 Å². The lowest BCUT2D eigenvalue weighted by Crippen LogP contribution is -2.38. The molecule has 3 heterocycles. The molecule has 0 spiro atoms. The molecule has 0 amide bonds. The summed E-state index contributed by atoms with van der Waals surface area (Å²) in [4.78, 5) is 4.71. The number of nitrogens with one attached hydrogen (secondary N) is 1. The predicted octanol–water partition coefficient (Wildman–Crippen LogP) is 5.81. The van der Waals surface area contributed by atoms with Gasteiger partial charge >= 0.3 is 0 Å². The van der Waals surface area contributed by atoms with E-state index in [0.29, 0.717) is 67.9 Å². The molecule has 0 saturated carbocycles. The number of nitrogens with zero attached hydrogens (tertiary/aromatic N) is 3. The molecule has 0 aliphatic carbocycles. The van der Waals surface area contributed by atoms with E-state index < -0.39 is 35.6 Å². The van der Waals surface area contributed by atoms with Gasteiger partial charge in [-0.3, -0.25) is 4.57 Å². The number of aromatic nitrogens is 3. The van der Waals surface area contributed by atoms with Crippen molar-refractivity contribution >= 4 is 50.9 Å². The van der Waals surface area contributed by atoms with Crippen molar-refractivity contribution < 1.29 is 27.7 Å². The van der Waals surface area contributed by atoms with Crippen molar-refractivity contribution in [2.45, 2.75) is 89.5 Å². The Hall–Kier alpha value is -0.453. The third-order valence-corrected chi connectivity index (χ3v) is 11.3. The second kappa shape index (κ2) is 14.1. The summed E-state index contributed by atoms with van der Waals surface area (Å²) in [5, 5.41) is 4.12. The quantitative estimate of drug-likeness (QED) is 0.182. The van der Waals surface area contributed by atoms with Gasteiger partial charge in [-0.15, -0.1) is 0 Å². The molecule has 222 valence electrons. The summed E-state index contributed by atoms with van der Waals surface area (Å²) in [6.07, 6.45) is 1.24. The minimum atomic E-state index is -1.34. The molecule has 1 aliphatic heterocycles. The largest absolute Gasteiger partial charge is 0.379 e. The fourth-order valence-corrected chi connectivity index (χ4v) is 6.15. The van der Waals surface area contributed by atoms with Crippen molar-refractivity contribution in [2.75, 3.05) is 33.0 Å². The lowest BCUT2D eigenvalue weighted by Gasteiger charge is -2.26. The van der Waals surface area contributed by atoms with Gasteiger partial charge in [-0.05, 0) is 72.0 Å². The van der Waals surface area contributed by atoms with Crippen LogP contribution in [0.2, 0.25) is 25.7 Å². The third-order valence-electron chi connectivity index (χ3n) is 6.08. The van der Waals surface area contributed by atoms with E-state index in [9.17, 15) is 4.21 Å². The van der Waals surface area contributed by atoms with E-state index in [-0.39, 0.29) is 6.61 Å². The summed E-state index contributed by atoms with van der Waals surface area (Å²) >= 11 is 7.15. The number of aryl methyl sites for hydroxylation is 1. The minimum Gasteiger partial charge on any atom is -0.379 e. The first kappa shape index (κ1) is 33.1. The smallest absolute Gasteiger partial charge is 0.216 e. The molecule has 2 aromatic rings. The van der Waals surface area contributed by atoms with Gasteiger partial charge in [0.25, 0.3) is 0 Å². The Morgan fingerprint density at radius 2 is 1.90 bits per heavy atom. The van der Waals surface area contributed by atoms with Crippen LogP contribution >= 0.6 is 31.9 Å². The highest BCUT2D eigenvalue weighted by Gasteiger charge is 2.41. The maximum atomic E-state index is 13.1. The fourth-order valence-electron chi connectivity index (χ4n) is 3.84. The van der Waals surface area contributed by atoms with Gasteiger partial charge in [0, 0.05) is 33.8 Å². The van der Waals surface area contributed by atoms with Crippen LogP contribution in [0.5, 0.6) is 0 Å². The molecule has 1 fully saturated rings. The molecule has 1 aliphatic rings. The van der Waals surface area contributed by atoms with E-state index in [2.05, 4.69) is 61.4 Å². The molecule has 0 aromatic carbocycles. The number of ether oxygens (including phenoxy) is 4. The van der Waals surface area contributed by atoms with Crippen LogP contribution in [0, 0.1) is 6.92 Å². The van der Waals surface area contributed by atoms with Crippen molar-refractivity contribution in [2.24, 2.45) is 0 Å². The summed E-state index contributed by atoms with van der Waals surface area (Å²) < 4.78 is 48.5.